The van der Waals surface area contributed by atoms with Crippen LogP contribution in [0.2, 0.25) is 0 Å². The number of rotatable bonds is 9. The molecule has 0 aromatic carbocycles. The minimum absolute atomic E-state index is 0.176. The summed E-state index contributed by atoms with van der Waals surface area (Å²) in [4.78, 5) is 13.8. The number of hydrogen-bond donors (Lipinski definition) is 0. The molecule has 0 radical (unpaired) electrons. The highest BCUT2D eigenvalue weighted by molar-refractivity contribution is 5.87. The molecule has 0 bridgehead atoms. The van der Waals surface area contributed by atoms with E-state index in [0.29, 0.717) is 0 Å². The third-order valence-corrected chi connectivity index (χ3v) is 2.68. The van der Waals surface area contributed by atoms with Crippen molar-refractivity contribution in [2.75, 3.05) is 13.1 Å². The van der Waals surface area contributed by atoms with Gasteiger partial charge in [-0.1, -0.05) is 45.6 Å². The summed E-state index contributed by atoms with van der Waals surface area (Å²) in [7, 11) is 0. The maximum absolute atomic E-state index is 11.8. The number of carbonyl (C=O) groups excluding carboxylic acids is 1. The van der Waals surface area contributed by atoms with Gasteiger partial charge in [0.15, 0.2) is 0 Å². The summed E-state index contributed by atoms with van der Waals surface area (Å²) >= 11 is 0. The summed E-state index contributed by atoms with van der Waals surface area (Å²) < 4.78 is 0. The fourth-order valence-corrected chi connectivity index (χ4v) is 1.69. The number of carbonyl (C=O) groups is 1. The third-order valence-electron chi connectivity index (χ3n) is 2.68. The summed E-state index contributed by atoms with van der Waals surface area (Å²) in [5.41, 5.74) is 0. The van der Waals surface area contributed by atoms with E-state index < -0.39 is 0 Å². The molecule has 0 aliphatic rings. The normalized spacial score (nSPS) is 10.9. The van der Waals surface area contributed by atoms with E-state index in [1.165, 1.54) is 25.7 Å². The Labute approximate surface area is 101 Å². The molecule has 0 rings (SSSR count). The highest BCUT2D eigenvalue weighted by Crippen LogP contribution is 2.03. The number of unbranched alkanes of at least 4 members (excludes halogenated alkanes) is 4. The zero-order chi connectivity index (χ0) is 12.2. The fourth-order valence-electron chi connectivity index (χ4n) is 1.69. The smallest absolute Gasteiger partial charge is 0.246 e. The van der Waals surface area contributed by atoms with Crippen LogP contribution in [0.3, 0.4) is 0 Å². The first-order valence-electron chi connectivity index (χ1n) is 6.67. The summed E-state index contributed by atoms with van der Waals surface area (Å²) in [6.45, 7) is 8.11. The molecule has 94 valence electrons. The van der Waals surface area contributed by atoms with Crippen molar-refractivity contribution in [3.63, 3.8) is 0 Å². The molecule has 0 fully saturated rings. The molecule has 2 nitrogen and oxygen atoms in total. The Bertz CT molecular complexity index is 189. The first-order valence-corrected chi connectivity index (χ1v) is 6.67. The third kappa shape index (κ3) is 7.49. The summed E-state index contributed by atoms with van der Waals surface area (Å²) in [5.74, 6) is 0.176. The van der Waals surface area contributed by atoms with E-state index in [0.717, 1.165) is 25.9 Å². The van der Waals surface area contributed by atoms with Crippen molar-refractivity contribution in [2.24, 2.45) is 0 Å². The van der Waals surface area contributed by atoms with Gasteiger partial charge in [0.2, 0.25) is 5.91 Å². The average molecular weight is 225 g/mol. The van der Waals surface area contributed by atoms with Crippen LogP contribution in [0.25, 0.3) is 0 Å². The van der Waals surface area contributed by atoms with Gasteiger partial charge in [-0.05, 0) is 25.8 Å². The first-order chi connectivity index (χ1) is 7.76. The van der Waals surface area contributed by atoms with Gasteiger partial charge in [0, 0.05) is 13.1 Å². The summed E-state index contributed by atoms with van der Waals surface area (Å²) in [6, 6.07) is 0. The van der Waals surface area contributed by atoms with Crippen molar-refractivity contribution >= 4 is 5.91 Å². The number of nitrogens with zero attached hydrogens (tertiary/aromatic N) is 1. The van der Waals surface area contributed by atoms with Crippen LogP contribution in [-0.4, -0.2) is 23.9 Å². The molecule has 0 unspecified atom stereocenters. The van der Waals surface area contributed by atoms with Crippen LogP contribution >= 0.6 is 0 Å². The molecule has 0 aliphatic carbocycles. The van der Waals surface area contributed by atoms with Crippen molar-refractivity contribution in [3.8, 4) is 0 Å². The Morgan fingerprint density at radius 1 is 1.00 bits per heavy atom. The van der Waals surface area contributed by atoms with E-state index in [1.807, 2.05) is 17.9 Å². The molecule has 0 heterocycles. The Kier molecular flexibility index (Phi) is 10.2. The largest absolute Gasteiger partial charge is 0.339 e. The molecule has 1 amide bonds. The van der Waals surface area contributed by atoms with E-state index in [2.05, 4.69) is 13.8 Å². The number of amides is 1. The van der Waals surface area contributed by atoms with Crippen LogP contribution in [0.4, 0.5) is 0 Å². The number of hydrogen-bond acceptors (Lipinski definition) is 1. The second-order valence-corrected chi connectivity index (χ2v) is 4.24. The van der Waals surface area contributed by atoms with Gasteiger partial charge < -0.3 is 4.90 Å². The second-order valence-electron chi connectivity index (χ2n) is 4.24. The zero-order valence-electron chi connectivity index (χ0n) is 11.2. The highest BCUT2D eigenvalue weighted by atomic mass is 16.2. The lowest BCUT2D eigenvalue weighted by atomic mass is 10.2. The van der Waals surface area contributed by atoms with Crippen LogP contribution in [0.1, 0.15) is 59.3 Å². The lowest BCUT2D eigenvalue weighted by molar-refractivity contribution is -0.126. The van der Waals surface area contributed by atoms with Gasteiger partial charge in [-0.15, -0.1) is 0 Å². The highest BCUT2D eigenvalue weighted by Gasteiger charge is 2.08. The molecule has 2 heteroatoms. The van der Waals surface area contributed by atoms with E-state index in [4.69, 9.17) is 0 Å². The predicted octanol–water partition coefficient (Wildman–Crippen LogP) is 3.77. The van der Waals surface area contributed by atoms with Crippen LogP contribution < -0.4 is 0 Å². The van der Waals surface area contributed by atoms with E-state index >= 15 is 0 Å². The Morgan fingerprint density at radius 2 is 1.50 bits per heavy atom. The Hall–Kier alpha value is -0.790. The average Bonchev–Trinajstić information content (AvgIpc) is 2.28. The number of allylic oxidation sites excluding steroid dienone is 1. The summed E-state index contributed by atoms with van der Waals surface area (Å²) in [5, 5.41) is 0. The molecule has 0 saturated carbocycles. The molecular formula is C14H27NO. The van der Waals surface area contributed by atoms with Gasteiger partial charge in [0.25, 0.3) is 0 Å². The second kappa shape index (κ2) is 10.7. The zero-order valence-corrected chi connectivity index (χ0v) is 11.2. The lowest BCUT2D eigenvalue weighted by Gasteiger charge is -2.21. The van der Waals surface area contributed by atoms with E-state index in [9.17, 15) is 4.79 Å². The van der Waals surface area contributed by atoms with Crippen LogP contribution in [0.15, 0.2) is 12.2 Å². The molecule has 0 atom stereocenters. The molecule has 0 spiro atoms. The van der Waals surface area contributed by atoms with E-state index in [1.54, 1.807) is 6.08 Å². The van der Waals surface area contributed by atoms with Gasteiger partial charge in [0.1, 0.15) is 0 Å². The van der Waals surface area contributed by atoms with Crippen molar-refractivity contribution in [1.29, 1.82) is 0 Å². The van der Waals surface area contributed by atoms with Crippen LogP contribution in [0, 0.1) is 0 Å². The molecule has 0 saturated heterocycles. The van der Waals surface area contributed by atoms with Gasteiger partial charge in [-0.25, -0.2) is 0 Å². The topological polar surface area (TPSA) is 20.3 Å². The molecule has 0 aromatic heterocycles. The van der Waals surface area contributed by atoms with Crippen LogP contribution in [-0.2, 0) is 4.79 Å². The standard InChI is InChI=1S/C14H27NO/c1-4-7-9-12-15(13-10-8-5-2)14(16)11-6-3/h6,11H,4-5,7-10,12-13H2,1-3H3. The molecule has 0 N–H and O–H groups in total. The maximum Gasteiger partial charge on any atom is 0.246 e. The van der Waals surface area contributed by atoms with Crippen LogP contribution in [0.5, 0.6) is 0 Å². The van der Waals surface area contributed by atoms with E-state index in [-0.39, 0.29) is 5.91 Å². The van der Waals surface area contributed by atoms with Gasteiger partial charge in [-0.3, -0.25) is 4.79 Å². The minimum atomic E-state index is 0.176. The van der Waals surface area contributed by atoms with Crippen molar-refractivity contribution in [1.82, 2.24) is 4.90 Å². The maximum atomic E-state index is 11.8. The quantitative estimate of drug-likeness (QED) is 0.432. The Balaban J connectivity index is 3.99. The Morgan fingerprint density at radius 3 is 1.88 bits per heavy atom. The summed E-state index contributed by atoms with van der Waals surface area (Å²) in [6.07, 6.45) is 10.6. The first kappa shape index (κ1) is 15.2. The monoisotopic (exact) mass is 225 g/mol. The predicted molar refractivity (Wildman–Crippen MR) is 70.4 cm³/mol. The lowest BCUT2D eigenvalue weighted by Crippen LogP contribution is -2.31. The van der Waals surface area contributed by atoms with Crippen molar-refractivity contribution in [2.45, 2.75) is 59.3 Å². The molecular weight excluding hydrogens is 198 g/mol. The van der Waals surface area contributed by atoms with Crippen molar-refractivity contribution in [3.05, 3.63) is 12.2 Å². The minimum Gasteiger partial charge on any atom is -0.339 e. The molecule has 16 heavy (non-hydrogen) atoms. The van der Waals surface area contributed by atoms with Gasteiger partial charge in [-0.2, -0.15) is 0 Å². The molecule has 0 aromatic rings. The van der Waals surface area contributed by atoms with Crippen molar-refractivity contribution < 1.29 is 4.79 Å². The SMILES string of the molecule is CC=CC(=O)N(CCCCC)CCCCC. The van der Waals surface area contributed by atoms with Gasteiger partial charge in [0.05, 0.1) is 0 Å². The fraction of sp³-hybridized carbons (Fsp3) is 0.786. The molecule has 0 aliphatic heterocycles. The van der Waals surface area contributed by atoms with Gasteiger partial charge >= 0.3 is 0 Å².